The van der Waals surface area contributed by atoms with Gasteiger partial charge in [0.05, 0.1) is 5.56 Å². The van der Waals surface area contributed by atoms with Crippen LogP contribution in [0.15, 0.2) is 47.2 Å². The van der Waals surface area contributed by atoms with Gasteiger partial charge < -0.3 is 14.4 Å². The molecule has 0 radical (unpaired) electrons. The second-order valence-corrected chi connectivity index (χ2v) is 5.30. The van der Waals surface area contributed by atoms with Crippen LogP contribution in [0.5, 0.6) is 0 Å². The molecule has 6 heteroatoms. The zero-order chi connectivity index (χ0) is 16.2. The number of aromatic nitrogens is 3. The molecule has 0 fully saturated rings. The first kappa shape index (κ1) is 15.0. The van der Waals surface area contributed by atoms with Crippen molar-refractivity contribution >= 4 is 5.91 Å². The minimum atomic E-state index is -0.0659. The Morgan fingerprint density at radius 1 is 1.26 bits per heavy atom. The van der Waals surface area contributed by atoms with Crippen molar-refractivity contribution in [3.8, 4) is 11.4 Å². The Hall–Kier alpha value is -2.89. The summed E-state index contributed by atoms with van der Waals surface area (Å²) < 4.78 is 5.29. The van der Waals surface area contributed by atoms with Gasteiger partial charge in [-0.15, -0.1) is 0 Å². The molecule has 0 saturated carbocycles. The van der Waals surface area contributed by atoms with Crippen LogP contribution >= 0.6 is 0 Å². The van der Waals surface area contributed by atoms with E-state index >= 15 is 0 Å². The largest absolute Gasteiger partial charge is 0.367 e. The van der Waals surface area contributed by atoms with Crippen molar-refractivity contribution in [1.29, 1.82) is 0 Å². The van der Waals surface area contributed by atoms with Crippen LogP contribution in [0.1, 0.15) is 28.7 Å². The van der Waals surface area contributed by atoms with Crippen LogP contribution in [-0.2, 0) is 6.54 Å². The molecular weight excluding hydrogens is 292 g/mol. The summed E-state index contributed by atoms with van der Waals surface area (Å²) in [5, 5.41) is 4.00. The molecule has 1 N–H and O–H groups in total. The zero-order valence-corrected chi connectivity index (χ0v) is 13.1. The van der Waals surface area contributed by atoms with Crippen LogP contribution in [0.3, 0.4) is 0 Å². The van der Waals surface area contributed by atoms with E-state index in [0.29, 0.717) is 30.4 Å². The Labute approximate surface area is 134 Å². The number of amides is 1. The summed E-state index contributed by atoms with van der Waals surface area (Å²) in [5.74, 6) is 0.889. The highest BCUT2D eigenvalue weighted by Crippen LogP contribution is 2.17. The summed E-state index contributed by atoms with van der Waals surface area (Å²) in [7, 11) is 0. The molecule has 23 heavy (non-hydrogen) atoms. The van der Waals surface area contributed by atoms with E-state index < -0.39 is 0 Å². The fourth-order valence-corrected chi connectivity index (χ4v) is 2.27. The molecule has 2 aromatic heterocycles. The molecule has 0 aliphatic heterocycles. The van der Waals surface area contributed by atoms with Crippen LogP contribution in [-0.4, -0.2) is 32.5 Å². The van der Waals surface area contributed by atoms with E-state index in [4.69, 9.17) is 4.52 Å². The Bertz CT molecular complexity index is 775. The summed E-state index contributed by atoms with van der Waals surface area (Å²) in [6, 6.07) is 9.65. The van der Waals surface area contributed by atoms with Gasteiger partial charge in [-0.2, -0.15) is 4.98 Å². The Kier molecular flexibility index (Phi) is 4.23. The molecule has 0 saturated heterocycles. The molecule has 6 nitrogen and oxygen atoms in total. The number of nitrogens with zero attached hydrogens (tertiary/aromatic N) is 3. The predicted molar refractivity (Wildman–Crippen MR) is 85.7 cm³/mol. The molecule has 0 spiro atoms. The van der Waals surface area contributed by atoms with E-state index in [1.54, 1.807) is 23.4 Å². The number of aromatic amines is 1. The lowest BCUT2D eigenvalue weighted by Gasteiger charge is -2.17. The van der Waals surface area contributed by atoms with Gasteiger partial charge >= 0.3 is 0 Å². The lowest BCUT2D eigenvalue weighted by molar-refractivity contribution is 0.0734. The lowest BCUT2D eigenvalue weighted by Crippen LogP contribution is -2.30. The molecule has 3 rings (SSSR count). The summed E-state index contributed by atoms with van der Waals surface area (Å²) in [5.41, 5.74) is 2.68. The van der Waals surface area contributed by atoms with Crippen molar-refractivity contribution in [2.45, 2.75) is 20.4 Å². The van der Waals surface area contributed by atoms with E-state index in [1.807, 2.05) is 38.1 Å². The van der Waals surface area contributed by atoms with E-state index in [2.05, 4.69) is 15.1 Å². The van der Waals surface area contributed by atoms with Gasteiger partial charge in [-0.3, -0.25) is 4.79 Å². The maximum Gasteiger partial charge on any atom is 0.255 e. The third-order valence-electron chi connectivity index (χ3n) is 3.62. The maximum atomic E-state index is 12.4. The van der Waals surface area contributed by atoms with Gasteiger partial charge in [0.1, 0.15) is 6.54 Å². The van der Waals surface area contributed by atoms with E-state index in [-0.39, 0.29) is 5.91 Å². The maximum absolute atomic E-state index is 12.4. The van der Waals surface area contributed by atoms with E-state index in [0.717, 1.165) is 5.56 Å². The summed E-state index contributed by atoms with van der Waals surface area (Å²) >= 11 is 0. The average molecular weight is 310 g/mol. The average Bonchev–Trinajstić information content (AvgIpc) is 3.24. The van der Waals surface area contributed by atoms with E-state index in [9.17, 15) is 4.79 Å². The number of H-pyrrole nitrogens is 1. The highest BCUT2D eigenvalue weighted by atomic mass is 16.5. The normalized spacial score (nSPS) is 10.7. The SMILES string of the molecule is CCN(Cc1nc(-c2ccc(C)cc2)no1)C(=O)c1cc[nH]c1. The fraction of sp³-hybridized carbons (Fsp3) is 0.235. The second-order valence-electron chi connectivity index (χ2n) is 5.30. The van der Waals surface area contributed by atoms with Crippen molar-refractivity contribution < 1.29 is 9.32 Å². The summed E-state index contributed by atoms with van der Waals surface area (Å²) in [6.45, 7) is 4.80. The van der Waals surface area contributed by atoms with Crippen molar-refractivity contribution in [2.75, 3.05) is 6.54 Å². The Morgan fingerprint density at radius 3 is 2.70 bits per heavy atom. The summed E-state index contributed by atoms with van der Waals surface area (Å²) in [4.78, 5) is 21.3. The Balaban J connectivity index is 1.75. The number of benzene rings is 1. The van der Waals surface area contributed by atoms with Crippen molar-refractivity contribution in [1.82, 2.24) is 20.0 Å². The molecule has 1 aromatic carbocycles. The first-order chi connectivity index (χ1) is 11.2. The van der Waals surface area contributed by atoms with Gasteiger partial charge in [0.2, 0.25) is 11.7 Å². The van der Waals surface area contributed by atoms with Gasteiger partial charge in [-0.1, -0.05) is 35.0 Å². The molecule has 0 aliphatic rings. The molecule has 0 bridgehead atoms. The zero-order valence-electron chi connectivity index (χ0n) is 13.1. The van der Waals surface area contributed by atoms with Crippen LogP contribution < -0.4 is 0 Å². The number of hydrogen-bond acceptors (Lipinski definition) is 4. The van der Waals surface area contributed by atoms with Crippen molar-refractivity contribution in [2.24, 2.45) is 0 Å². The van der Waals surface area contributed by atoms with Gasteiger partial charge in [0, 0.05) is 24.5 Å². The molecule has 1 amide bonds. The predicted octanol–water partition coefficient (Wildman–Crippen LogP) is 3.04. The number of rotatable bonds is 5. The third kappa shape index (κ3) is 3.31. The van der Waals surface area contributed by atoms with Crippen LogP contribution in [0.2, 0.25) is 0 Å². The smallest absolute Gasteiger partial charge is 0.255 e. The topological polar surface area (TPSA) is 75.0 Å². The third-order valence-corrected chi connectivity index (χ3v) is 3.62. The lowest BCUT2D eigenvalue weighted by atomic mass is 10.1. The van der Waals surface area contributed by atoms with Crippen LogP contribution in [0.25, 0.3) is 11.4 Å². The highest BCUT2D eigenvalue weighted by Gasteiger charge is 2.18. The van der Waals surface area contributed by atoms with Gasteiger partial charge in [-0.05, 0) is 19.9 Å². The first-order valence-electron chi connectivity index (χ1n) is 7.49. The minimum Gasteiger partial charge on any atom is -0.367 e. The molecule has 0 aliphatic carbocycles. The molecule has 0 atom stereocenters. The van der Waals surface area contributed by atoms with Gasteiger partial charge in [0.25, 0.3) is 5.91 Å². The monoisotopic (exact) mass is 310 g/mol. The van der Waals surface area contributed by atoms with Gasteiger partial charge in [0.15, 0.2) is 0 Å². The van der Waals surface area contributed by atoms with Crippen molar-refractivity contribution in [3.63, 3.8) is 0 Å². The minimum absolute atomic E-state index is 0.0659. The number of carbonyl (C=O) groups excluding carboxylic acids is 1. The quantitative estimate of drug-likeness (QED) is 0.786. The van der Waals surface area contributed by atoms with E-state index in [1.165, 1.54) is 5.56 Å². The summed E-state index contributed by atoms with van der Waals surface area (Å²) in [6.07, 6.45) is 3.40. The first-order valence-corrected chi connectivity index (χ1v) is 7.49. The number of carbonyl (C=O) groups is 1. The number of aryl methyl sites for hydroxylation is 1. The fourth-order valence-electron chi connectivity index (χ4n) is 2.27. The van der Waals surface area contributed by atoms with Crippen molar-refractivity contribution in [3.05, 3.63) is 59.7 Å². The molecule has 2 heterocycles. The number of nitrogens with one attached hydrogen (secondary N) is 1. The standard InChI is InChI=1S/C17H18N4O2/c1-3-21(17(22)14-8-9-18-10-14)11-15-19-16(20-23-15)13-6-4-12(2)5-7-13/h4-10,18H,3,11H2,1-2H3. The number of hydrogen-bond donors (Lipinski definition) is 1. The second kappa shape index (κ2) is 6.48. The highest BCUT2D eigenvalue weighted by molar-refractivity contribution is 5.93. The molecule has 3 aromatic rings. The molecular formula is C17H18N4O2. The Morgan fingerprint density at radius 2 is 2.04 bits per heavy atom. The molecule has 0 unspecified atom stereocenters. The van der Waals surface area contributed by atoms with Crippen LogP contribution in [0.4, 0.5) is 0 Å². The van der Waals surface area contributed by atoms with Gasteiger partial charge in [-0.25, -0.2) is 0 Å². The van der Waals surface area contributed by atoms with Crippen LogP contribution in [0, 0.1) is 6.92 Å². The molecule has 118 valence electrons.